The van der Waals surface area contributed by atoms with Crippen molar-refractivity contribution >= 4 is 16.8 Å². The number of rotatable bonds is 5. The molecule has 5 rings (SSSR count). The Labute approximate surface area is 186 Å². The molecule has 1 aliphatic rings. The number of pyridine rings is 1. The number of fused-ring (bicyclic) bond motifs is 1. The van der Waals surface area contributed by atoms with Crippen LogP contribution in [0.4, 0.5) is 0 Å². The van der Waals surface area contributed by atoms with E-state index >= 15 is 0 Å². The average Bonchev–Trinajstić information content (AvgIpc) is 3.38. The largest absolute Gasteiger partial charge is 0.505 e. The Kier molecular flexibility index (Phi) is 5.30. The summed E-state index contributed by atoms with van der Waals surface area (Å²) in [6, 6.07) is 26.0. The lowest BCUT2D eigenvalue weighted by Crippen LogP contribution is -2.30. The van der Waals surface area contributed by atoms with Crippen molar-refractivity contribution in [1.29, 1.82) is 0 Å². The molecule has 1 aromatic heterocycles. The number of hydrogen-bond acceptors (Lipinski definition) is 4. The van der Waals surface area contributed by atoms with E-state index in [0.29, 0.717) is 29.0 Å². The summed E-state index contributed by atoms with van der Waals surface area (Å²) in [5.41, 5.74) is 2.87. The molecule has 4 aromatic rings. The zero-order chi connectivity index (χ0) is 21.9. The minimum atomic E-state index is -0.447. The summed E-state index contributed by atoms with van der Waals surface area (Å²) in [4.78, 5) is 18.3. The molecule has 0 aliphatic carbocycles. The summed E-state index contributed by atoms with van der Waals surface area (Å²) in [5.74, 6) is 0.190. The van der Waals surface area contributed by atoms with Crippen LogP contribution in [-0.4, -0.2) is 22.6 Å². The highest BCUT2D eigenvalue weighted by Crippen LogP contribution is 2.36. The zero-order valence-electron chi connectivity index (χ0n) is 17.4. The van der Waals surface area contributed by atoms with Crippen LogP contribution in [0, 0.1) is 0 Å². The fraction of sp³-hybridized carbons (Fsp3) is 0.111. The third-order valence-corrected chi connectivity index (χ3v) is 5.57. The predicted octanol–water partition coefficient (Wildman–Crippen LogP) is 5.38. The number of carbonyl (C=O) groups is 1. The number of aromatic hydroxyl groups is 1. The number of ether oxygens (including phenoxy) is 1. The Hall–Kier alpha value is -4.12. The van der Waals surface area contributed by atoms with E-state index in [2.05, 4.69) is 10.3 Å². The monoisotopic (exact) mass is 422 g/mol. The lowest BCUT2D eigenvalue weighted by molar-refractivity contribution is 0.0925. The number of amides is 1. The highest BCUT2D eigenvalue weighted by Gasteiger charge is 2.27. The summed E-state index contributed by atoms with van der Waals surface area (Å²) in [5, 5.41) is 14.9. The molecule has 5 heteroatoms. The third kappa shape index (κ3) is 3.69. The summed E-state index contributed by atoms with van der Waals surface area (Å²) >= 11 is 0. The topological polar surface area (TPSA) is 71.5 Å². The Morgan fingerprint density at radius 3 is 2.34 bits per heavy atom. The first-order chi connectivity index (χ1) is 15.7. The Morgan fingerprint density at radius 1 is 0.938 bits per heavy atom. The standard InChI is InChI=1S/C27H22N2O3/c30-26-23(20-14-7-8-15-21(20)28-25(26)19-12-5-2-6-13-19)27(31)29-24(22-16-9-17-32-22)18-10-3-1-4-11-18/h1-8,10-16,24,30H,9,17H2,(H,29,31). The summed E-state index contributed by atoms with van der Waals surface area (Å²) in [6.07, 6.45) is 2.80. The predicted molar refractivity (Wildman–Crippen MR) is 124 cm³/mol. The lowest BCUT2D eigenvalue weighted by atomic mass is 10.00. The van der Waals surface area contributed by atoms with Gasteiger partial charge in [-0.3, -0.25) is 4.79 Å². The molecule has 0 spiro atoms. The maximum Gasteiger partial charge on any atom is 0.256 e. The van der Waals surface area contributed by atoms with E-state index in [0.717, 1.165) is 17.5 Å². The molecule has 0 bridgehead atoms. The van der Waals surface area contributed by atoms with Crippen molar-refractivity contribution in [2.24, 2.45) is 0 Å². The summed E-state index contributed by atoms with van der Waals surface area (Å²) < 4.78 is 5.79. The molecule has 0 saturated carbocycles. The van der Waals surface area contributed by atoms with Gasteiger partial charge >= 0.3 is 0 Å². The van der Waals surface area contributed by atoms with Crippen LogP contribution in [0.3, 0.4) is 0 Å². The van der Waals surface area contributed by atoms with Crippen molar-refractivity contribution < 1.29 is 14.6 Å². The van der Waals surface area contributed by atoms with Crippen LogP contribution >= 0.6 is 0 Å². The van der Waals surface area contributed by atoms with Crippen molar-refractivity contribution in [3.05, 3.63) is 108 Å². The molecule has 0 saturated heterocycles. The lowest BCUT2D eigenvalue weighted by Gasteiger charge is -2.21. The van der Waals surface area contributed by atoms with E-state index in [-0.39, 0.29) is 17.2 Å². The van der Waals surface area contributed by atoms with Gasteiger partial charge in [-0.05, 0) is 17.7 Å². The van der Waals surface area contributed by atoms with Gasteiger partial charge in [0, 0.05) is 17.4 Å². The van der Waals surface area contributed by atoms with E-state index in [1.807, 2.05) is 84.9 Å². The van der Waals surface area contributed by atoms with Gasteiger partial charge in [0.25, 0.3) is 5.91 Å². The highest BCUT2D eigenvalue weighted by molar-refractivity contribution is 6.10. The Bertz CT molecular complexity index is 1300. The van der Waals surface area contributed by atoms with Gasteiger partial charge in [-0.2, -0.15) is 0 Å². The first-order valence-corrected chi connectivity index (χ1v) is 10.6. The fourth-order valence-corrected chi connectivity index (χ4v) is 4.03. The van der Waals surface area contributed by atoms with Crippen molar-refractivity contribution in [3.63, 3.8) is 0 Å². The van der Waals surface area contributed by atoms with Crippen LogP contribution < -0.4 is 5.32 Å². The summed E-state index contributed by atoms with van der Waals surface area (Å²) in [6.45, 7) is 0.593. The van der Waals surface area contributed by atoms with Crippen LogP contribution in [0.25, 0.3) is 22.2 Å². The van der Waals surface area contributed by atoms with Gasteiger partial charge in [-0.15, -0.1) is 0 Å². The van der Waals surface area contributed by atoms with E-state index in [1.54, 1.807) is 6.07 Å². The Morgan fingerprint density at radius 2 is 1.62 bits per heavy atom. The Balaban J connectivity index is 1.62. The molecular weight excluding hydrogens is 400 g/mol. The number of aromatic nitrogens is 1. The molecule has 2 N–H and O–H groups in total. The first-order valence-electron chi connectivity index (χ1n) is 10.6. The van der Waals surface area contributed by atoms with Crippen LogP contribution in [0.15, 0.2) is 96.8 Å². The van der Waals surface area contributed by atoms with E-state index < -0.39 is 6.04 Å². The number of carbonyl (C=O) groups excluding carboxylic acids is 1. The van der Waals surface area contributed by atoms with E-state index in [4.69, 9.17) is 4.74 Å². The average molecular weight is 422 g/mol. The molecule has 158 valence electrons. The van der Waals surface area contributed by atoms with Crippen LogP contribution in [0.1, 0.15) is 28.4 Å². The van der Waals surface area contributed by atoms with Gasteiger partial charge in [0.2, 0.25) is 0 Å². The van der Waals surface area contributed by atoms with Gasteiger partial charge in [0.15, 0.2) is 5.75 Å². The van der Waals surface area contributed by atoms with Gasteiger partial charge in [0.05, 0.1) is 17.7 Å². The maximum absolute atomic E-state index is 13.6. The molecule has 0 radical (unpaired) electrons. The molecule has 1 unspecified atom stereocenters. The minimum Gasteiger partial charge on any atom is -0.505 e. The highest BCUT2D eigenvalue weighted by atomic mass is 16.5. The first kappa shape index (κ1) is 19.8. The molecule has 1 amide bonds. The second-order valence-electron chi connectivity index (χ2n) is 7.63. The molecule has 5 nitrogen and oxygen atoms in total. The van der Waals surface area contributed by atoms with E-state index in [1.165, 1.54) is 0 Å². The molecule has 0 fully saturated rings. The van der Waals surface area contributed by atoms with E-state index in [9.17, 15) is 9.90 Å². The minimum absolute atomic E-state index is 0.138. The normalized spacial score (nSPS) is 13.9. The fourth-order valence-electron chi connectivity index (χ4n) is 4.03. The molecular formula is C27H22N2O3. The van der Waals surface area contributed by atoms with Gasteiger partial charge in [-0.25, -0.2) is 4.98 Å². The SMILES string of the molecule is O=C(NC(C1=CCCO1)c1ccccc1)c1c(O)c(-c2ccccc2)nc2ccccc12. The van der Waals surface area contributed by atoms with Crippen molar-refractivity contribution in [2.45, 2.75) is 12.5 Å². The smallest absolute Gasteiger partial charge is 0.256 e. The summed E-state index contributed by atoms with van der Waals surface area (Å²) in [7, 11) is 0. The molecule has 2 heterocycles. The number of benzene rings is 3. The van der Waals surface area contributed by atoms with Gasteiger partial charge < -0.3 is 15.2 Å². The number of nitrogens with one attached hydrogen (secondary N) is 1. The molecule has 3 aromatic carbocycles. The molecule has 1 aliphatic heterocycles. The number of para-hydroxylation sites is 1. The van der Waals surface area contributed by atoms with Crippen LogP contribution in [-0.2, 0) is 4.74 Å². The van der Waals surface area contributed by atoms with Crippen molar-refractivity contribution in [1.82, 2.24) is 10.3 Å². The second kappa shape index (κ2) is 8.55. The van der Waals surface area contributed by atoms with Crippen LogP contribution in [0.2, 0.25) is 0 Å². The third-order valence-electron chi connectivity index (χ3n) is 5.57. The van der Waals surface area contributed by atoms with Gasteiger partial charge in [0.1, 0.15) is 17.5 Å². The maximum atomic E-state index is 13.6. The second-order valence-corrected chi connectivity index (χ2v) is 7.63. The van der Waals surface area contributed by atoms with Crippen molar-refractivity contribution in [2.75, 3.05) is 6.61 Å². The molecule has 32 heavy (non-hydrogen) atoms. The zero-order valence-corrected chi connectivity index (χ0v) is 17.4. The van der Waals surface area contributed by atoms with Crippen LogP contribution in [0.5, 0.6) is 5.75 Å². The van der Waals surface area contributed by atoms with Crippen molar-refractivity contribution in [3.8, 4) is 17.0 Å². The molecule has 1 atom stereocenters. The number of nitrogens with zero attached hydrogens (tertiary/aromatic N) is 1. The number of hydrogen-bond donors (Lipinski definition) is 2. The van der Waals surface area contributed by atoms with Gasteiger partial charge in [-0.1, -0.05) is 78.9 Å². The quantitative estimate of drug-likeness (QED) is 0.453.